The van der Waals surface area contributed by atoms with Crippen LogP contribution in [0.15, 0.2) is 36.9 Å². The predicted octanol–water partition coefficient (Wildman–Crippen LogP) is 2.63. The number of nitrogens with one attached hydrogen (secondary N) is 1. The molecule has 0 radical (unpaired) electrons. The number of carbonyl (C=O) groups is 1. The van der Waals surface area contributed by atoms with Crippen molar-refractivity contribution in [2.75, 3.05) is 13.1 Å². The van der Waals surface area contributed by atoms with Crippen molar-refractivity contribution in [1.82, 2.24) is 25.0 Å². The normalized spacial score (nSPS) is 22.1. The van der Waals surface area contributed by atoms with Crippen LogP contribution in [0.2, 0.25) is 0 Å². The lowest BCUT2D eigenvalue weighted by Crippen LogP contribution is -2.38. The predicted molar refractivity (Wildman–Crippen MR) is 101 cm³/mol. The zero-order valence-electron chi connectivity index (χ0n) is 15.9. The first kappa shape index (κ1) is 18.6. The van der Waals surface area contributed by atoms with Crippen LogP contribution in [0.3, 0.4) is 0 Å². The summed E-state index contributed by atoms with van der Waals surface area (Å²) in [6, 6.07) is 8.02. The van der Waals surface area contributed by atoms with Crippen molar-refractivity contribution < 1.29 is 4.79 Å². The number of carbonyl (C=O) groups excluding carboxylic acids is 1. The summed E-state index contributed by atoms with van der Waals surface area (Å²) in [5, 5.41) is 7.08. The summed E-state index contributed by atoms with van der Waals surface area (Å²) in [5.74, 6) is 1.44. The van der Waals surface area contributed by atoms with Crippen molar-refractivity contribution >= 4 is 5.91 Å². The molecule has 1 fully saturated rings. The molecule has 3 atom stereocenters. The van der Waals surface area contributed by atoms with Gasteiger partial charge in [0.05, 0.1) is 0 Å². The maximum absolute atomic E-state index is 12.4. The largest absolute Gasteiger partial charge is 0.350 e. The number of piperidine rings is 1. The Hall–Kier alpha value is -2.21. The molecule has 6 nitrogen and oxygen atoms in total. The van der Waals surface area contributed by atoms with E-state index in [0.29, 0.717) is 6.54 Å². The Morgan fingerprint density at radius 3 is 2.58 bits per heavy atom. The molecule has 1 amide bonds. The van der Waals surface area contributed by atoms with E-state index in [4.69, 9.17) is 0 Å². The molecule has 1 aliphatic heterocycles. The fourth-order valence-corrected chi connectivity index (χ4v) is 3.91. The van der Waals surface area contributed by atoms with E-state index in [1.165, 1.54) is 23.9 Å². The van der Waals surface area contributed by atoms with E-state index in [1.807, 2.05) is 13.0 Å². The van der Waals surface area contributed by atoms with Crippen molar-refractivity contribution in [3.63, 3.8) is 0 Å². The van der Waals surface area contributed by atoms with Gasteiger partial charge in [0.15, 0.2) is 0 Å². The molecular weight excluding hydrogens is 326 g/mol. The average Bonchev–Trinajstić information content (AvgIpc) is 3.13. The fraction of sp³-hybridized carbons (Fsp3) is 0.550. The van der Waals surface area contributed by atoms with Crippen LogP contribution in [-0.2, 0) is 17.9 Å². The zero-order chi connectivity index (χ0) is 18.5. The van der Waals surface area contributed by atoms with Crippen LogP contribution in [0.4, 0.5) is 0 Å². The Balaban J connectivity index is 1.61. The summed E-state index contributed by atoms with van der Waals surface area (Å²) in [6.07, 6.45) is 4.32. The highest BCUT2D eigenvalue weighted by Gasteiger charge is 2.22. The van der Waals surface area contributed by atoms with Crippen molar-refractivity contribution in [2.45, 2.75) is 46.3 Å². The Labute approximate surface area is 155 Å². The van der Waals surface area contributed by atoms with Gasteiger partial charge in [-0.1, -0.05) is 38.1 Å². The summed E-state index contributed by atoms with van der Waals surface area (Å²) < 4.78 is 1.57. The Bertz CT molecular complexity index is 705. The van der Waals surface area contributed by atoms with Crippen LogP contribution in [-0.4, -0.2) is 38.7 Å². The molecule has 26 heavy (non-hydrogen) atoms. The number of nitrogens with zero attached hydrogens (tertiary/aromatic N) is 4. The van der Waals surface area contributed by atoms with Gasteiger partial charge in [0.25, 0.3) is 0 Å². The molecule has 1 saturated heterocycles. The highest BCUT2D eigenvalue weighted by atomic mass is 16.2. The highest BCUT2D eigenvalue weighted by molar-refractivity contribution is 5.79. The summed E-state index contributed by atoms with van der Waals surface area (Å²) >= 11 is 0. The molecule has 1 N–H and O–H groups in total. The van der Waals surface area contributed by atoms with E-state index in [-0.39, 0.29) is 11.9 Å². The second-order valence-corrected chi connectivity index (χ2v) is 7.68. The van der Waals surface area contributed by atoms with Crippen LogP contribution in [0, 0.1) is 11.8 Å². The number of hydrogen-bond donors (Lipinski definition) is 1. The van der Waals surface area contributed by atoms with Gasteiger partial charge < -0.3 is 5.32 Å². The first-order chi connectivity index (χ1) is 12.5. The fourth-order valence-electron chi connectivity index (χ4n) is 3.91. The number of aromatic nitrogens is 3. The summed E-state index contributed by atoms with van der Waals surface area (Å²) in [6.45, 7) is 10.3. The van der Waals surface area contributed by atoms with Crippen molar-refractivity contribution in [3.05, 3.63) is 48.0 Å². The maximum atomic E-state index is 12.4. The molecule has 0 unspecified atom stereocenters. The Morgan fingerprint density at radius 1 is 1.23 bits per heavy atom. The number of benzene rings is 1. The Morgan fingerprint density at radius 2 is 1.92 bits per heavy atom. The van der Waals surface area contributed by atoms with Gasteiger partial charge in [-0.05, 0) is 36.3 Å². The molecule has 0 aliphatic carbocycles. The first-order valence-electron chi connectivity index (χ1n) is 9.44. The molecule has 3 rings (SSSR count). The average molecular weight is 355 g/mol. The second-order valence-electron chi connectivity index (χ2n) is 7.68. The summed E-state index contributed by atoms with van der Waals surface area (Å²) in [7, 11) is 0. The highest BCUT2D eigenvalue weighted by Crippen LogP contribution is 2.23. The first-order valence-corrected chi connectivity index (χ1v) is 9.44. The van der Waals surface area contributed by atoms with E-state index in [9.17, 15) is 4.79 Å². The van der Waals surface area contributed by atoms with E-state index in [2.05, 4.69) is 52.3 Å². The minimum Gasteiger partial charge on any atom is -0.350 e. The molecule has 140 valence electrons. The monoisotopic (exact) mass is 355 g/mol. The van der Waals surface area contributed by atoms with Gasteiger partial charge in [-0.25, -0.2) is 9.67 Å². The van der Waals surface area contributed by atoms with Gasteiger partial charge in [0, 0.05) is 26.2 Å². The lowest BCUT2D eigenvalue weighted by molar-refractivity contribution is -0.124. The van der Waals surface area contributed by atoms with Crippen molar-refractivity contribution in [1.29, 1.82) is 0 Å². The standard InChI is InChI=1S/C20H29N5O/c1-15-8-16(2)11-24(10-15)12-19-7-5-4-6-18(19)9-22-20(26)17(3)25-14-21-13-23-25/h4-7,13-17H,8-12H2,1-3H3,(H,22,26)/t15-,16-,17-/m1/s1. The molecular formula is C20H29N5O. The quantitative estimate of drug-likeness (QED) is 0.865. The van der Waals surface area contributed by atoms with Gasteiger partial charge in [0.2, 0.25) is 5.91 Å². The number of likely N-dealkylation sites (tertiary alicyclic amines) is 1. The Kier molecular flexibility index (Phi) is 6.04. The van der Waals surface area contributed by atoms with Crippen LogP contribution in [0.1, 0.15) is 44.4 Å². The van der Waals surface area contributed by atoms with E-state index in [0.717, 1.165) is 31.5 Å². The molecule has 0 bridgehead atoms. The van der Waals surface area contributed by atoms with Gasteiger partial charge in [-0.15, -0.1) is 0 Å². The molecule has 0 spiro atoms. The van der Waals surface area contributed by atoms with Gasteiger partial charge in [0.1, 0.15) is 18.7 Å². The maximum Gasteiger partial charge on any atom is 0.244 e. The molecule has 0 saturated carbocycles. The van der Waals surface area contributed by atoms with Crippen LogP contribution in [0.25, 0.3) is 0 Å². The van der Waals surface area contributed by atoms with E-state index >= 15 is 0 Å². The third-order valence-electron chi connectivity index (χ3n) is 5.12. The SMILES string of the molecule is C[C@@H]1C[C@@H](C)CN(Cc2ccccc2CNC(=O)[C@@H](C)n2cncn2)C1. The van der Waals surface area contributed by atoms with E-state index < -0.39 is 0 Å². The molecule has 1 aliphatic rings. The minimum absolute atomic E-state index is 0.0504. The van der Waals surface area contributed by atoms with Crippen molar-refractivity contribution in [2.24, 2.45) is 11.8 Å². The molecule has 2 heterocycles. The zero-order valence-corrected chi connectivity index (χ0v) is 15.9. The second kappa shape index (κ2) is 8.45. The number of amides is 1. The number of rotatable bonds is 6. The number of hydrogen-bond acceptors (Lipinski definition) is 4. The molecule has 1 aromatic carbocycles. The van der Waals surface area contributed by atoms with Gasteiger partial charge in [-0.3, -0.25) is 9.69 Å². The lowest BCUT2D eigenvalue weighted by atomic mass is 9.91. The topological polar surface area (TPSA) is 63.1 Å². The minimum atomic E-state index is -0.367. The van der Waals surface area contributed by atoms with Gasteiger partial charge >= 0.3 is 0 Å². The van der Waals surface area contributed by atoms with Crippen LogP contribution < -0.4 is 5.32 Å². The van der Waals surface area contributed by atoms with Crippen molar-refractivity contribution in [3.8, 4) is 0 Å². The van der Waals surface area contributed by atoms with Gasteiger partial charge in [-0.2, -0.15) is 5.10 Å². The third kappa shape index (κ3) is 4.69. The molecule has 2 aromatic rings. The smallest absolute Gasteiger partial charge is 0.244 e. The van der Waals surface area contributed by atoms with Crippen LogP contribution >= 0.6 is 0 Å². The molecule has 1 aromatic heterocycles. The summed E-state index contributed by atoms with van der Waals surface area (Å²) in [5.41, 5.74) is 2.47. The third-order valence-corrected chi connectivity index (χ3v) is 5.12. The van der Waals surface area contributed by atoms with E-state index in [1.54, 1.807) is 11.0 Å². The van der Waals surface area contributed by atoms with Crippen LogP contribution in [0.5, 0.6) is 0 Å². The lowest BCUT2D eigenvalue weighted by Gasteiger charge is -2.35. The summed E-state index contributed by atoms with van der Waals surface area (Å²) in [4.78, 5) is 18.8. The molecule has 6 heteroatoms.